The van der Waals surface area contributed by atoms with E-state index < -0.39 is 0 Å². The normalized spacial score (nSPS) is 11.2. The topological polar surface area (TPSA) is 72.3 Å². The number of aromatic nitrogens is 3. The van der Waals surface area contributed by atoms with E-state index in [9.17, 15) is 4.79 Å². The molecule has 0 atom stereocenters. The summed E-state index contributed by atoms with van der Waals surface area (Å²) in [5.41, 5.74) is 3.59. The van der Waals surface area contributed by atoms with Crippen molar-refractivity contribution in [3.05, 3.63) is 54.4 Å². The van der Waals surface area contributed by atoms with Gasteiger partial charge in [0.05, 0.1) is 24.7 Å². The Hall–Kier alpha value is -3.35. The Bertz CT molecular complexity index is 984. The third-order valence-corrected chi connectivity index (χ3v) is 4.28. The number of hydrogen-bond donors (Lipinski definition) is 1. The van der Waals surface area contributed by atoms with Gasteiger partial charge in [-0.2, -0.15) is 5.10 Å². The van der Waals surface area contributed by atoms with Crippen LogP contribution in [0.4, 0.5) is 5.69 Å². The lowest BCUT2D eigenvalue weighted by Crippen LogP contribution is -2.40. The largest absolute Gasteiger partial charge is 0.481 e. The van der Waals surface area contributed by atoms with Crippen molar-refractivity contribution < 1.29 is 9.53 Å². The van der Waals surface area contributed by atoms with Gasteiger partial charge in [0, 0.05) is 37.0 Å². The maximum atomic E-state index is 12.7. The molecule has 3 rings (SSSR count). The zero-order valence-electron chi connectivity index (χ0n) is 17.7. The van der Waals surface area contributed by atoms with Crippen LogP contribution in [0, 0.1) is 0 Å². The molecule has 0 radical (unpaired) electrons. The van der Waals surface area contributed by atoms with Crippen LogP contribution in [-0.2, 0) is 0 Å². The molecular weight excluding hydrogens is 366 g/mol. The van der Waals surface area contributed by atoms with Gasteiger partial charge >= 0.3 is 0 Å². The minimum absolute atomic E-state index is 0.219. The summed E-state index contributed by atoms with van der Waals surface area (Å²) < 4.78 is 6.88. The Morgan fingerprint density at radius 3 is 2.31 bits per heavy atom. The van der Waals surface area contributed by atoms with Gasteiger partial charge in [-0.15, -0.1) is 0 Å². The molecule has 0 fully saturated rings. The highest BCUT2D eigenvalue weighted by atomic mass is 16.5. The van der Waals surface area contributed by atoms with Gasteiger partial charge in [-0.25, -0.2) is 9.67 Å². The summed E-state index contributed by atoms with van der Waals surface area (Å²) in [4.78, 5) is 19.0. The van der Waals surface area contributed by atoms with Crippen LogP contribution >= 0.6 is 0 Å². The van der Waals surface area contributed by atoms with Crippen molar-refractivity contribution in [1.29, 1.82) is 0 Å². The minimum Gasteiger partial charge on any atom is -0.481 e. The number of pyridine rings is 1. The van der Waals surface area contributed by atoms with Gasteiger partial charge < -0.3 is 15.0 Å². The first-order valence-corrected chi connectivity index (χ1v) is 9.39. The van der Waals surface area contributed by atoms with Gasteiger partial charge in [-0.05, 0) is 45.0 Å². The molecule has 0 spiro atoms. The molecule has 0 aliphatic rings. The monoisotopic (exact) mass is 393 g/mol. The van der Waals surface area contributed by atoms with Crippen LogP contribution in [0.2, 0.25) is 0 Å². The quantitative estimate of drug-likeness (QED) is 0.718. The van der Waals surface area contributed by atoms with Crippen molar-refractivity contribution in [2.75, 3.05) is 26.1 Å². The minimum atomic E-state index is -0.351. The number of rotatable bonds is 5. The highest BCUT2D eigenvalue weighted by Crippen LogP contribution is 2.26. The van der Waals surface area contributed by atoms with Crippen molar-refractivity contribution in [3.8, 4) is 22.8 Å². The molecule has 0 aliphatic heterocycles. The van der Waals surface area contributed by atoms with E-state index in [1.807, 2.05) is 70.1 Å². The van der Waals surface area contributed by atoms with Gasteiger partial charge in [-0.1, -0.05) is 12.1 Å². The molecule has 0 unspecified atom stereocenters. The van der Waals surface area contributed by atoms with Crippen LogP contribution in [-0.4, -0.2) is 47.4 Å². The number of carbonyl (C=O) groups excluding carboxylic acids is 1. The molecule has 1 aromatic carbocycles. The van der Waals surface area contributed by atoms with E-state index in [1.54, 1.807) is 30.1 Å². The van der Waals surface area contributed by atoms with E-state index in [1.165, 1.54) is 0 Å². The Balaban J connectivity index is 2.07. The van der Waals surface area contributed by atoms with Crippen molar-refractivity contribution >= 4 is 11.6 Å². The van der Waals surface area contributed by atoms with Crippen molar-refractivity contribution in [2.24, 2.45) is 0 Å². The Kier molecular flexibility index (Phi) is 5.59. The smallest absolute Gasteiger partial charge is 0.272 e. The van der Waals surface area contributed by atoms with Crippen LogP contribution < -0.4 is 15.0 Å². The fourth-order valence-corrected chi connectivity index (χ4v) is 2.85. The molecule has 1 N–H and O–H groups in total. The first-order valence-electron chi connectivity index (χ1n) is 9.39. The second-order valence-corrected chi connectivity index (χ2v) is 8.03. The van der Waals surface area contributed by atoms with Gasteiger partial charge in [0.2, 0.25) is 5.88 Å². The van der Waals surface area contributed by atoms with Crippen LogP contribution in [0.15, 0.2) is 48.7 Å². The Morgan fingerprint density at radius 2 is 1.79 bits per heavy atom. The van der Waals surface area contributed by atoms with Crippen LogP contribution in [0.5, 0.6) is 5.88 Å². The molecule has 0 saturated carbocycles. The van der Waals surface area contributed by atoms with Gasteiger partial charge in [-0.3, -0.25) is 4.79 Å². The summed E-state index contributed by atoms with van der Waals surface area (Å²) in [6.07, 6.45) is 1.68. The summed E-state index contributed by atoms with van der Waals surface area (Å²) in [7, 11) is 5.57. The molecular formula is C22H27N5O2. The molecule has 1 amide bonds. The van der Waals surface area contributed by atoms with E-state index in [0.717, 1.165) is 22.6 Å². The number of hydrogen-bond acceptors (Lipinski definition) is 5. The van der Waals surface area contributed by atoms with Crippen LogP contribution in [0.1, 0.15) is 31.3 Å². The molecule has 0 aliphatic carbocycles. The van der Waals surface area contributed by atoms with Crippen LogP contribution in [0.3, 0.4) is 0 Å². The maximum Gasteiger partial charge on any atom is 0.272 e. The number of ether oxygens (including phenoxy) is 1. The number of carbonyl (C=O) groups is 1. The first kappa shape index (κ1) is 20.4. The molecule has 29 heavy (non-hydrogen) atoms. The summed E-state index contributed by atoms with van der Waals surface area (Å²) >= 11 is 0. The molecule has 2 aromatic heterocycles. The van der Waals surface area contributed by atoms with E-state index in [0.29, 0.717) is 11.6 Å². The second kappa shape index (κ2) is 7.95. The molecule has 7 nitrogen and oxygen atoms in total. The average molecular weight is 393 g/mol. The van der Waals surface area contributed by atoms with Crippen LogP contribution in [0.25, 0.3) is 16.9 Å². The lowest BCUT2D eigenvalue weighted by Gasteiger charge is -2.19. The molecule has 2 heterocycles. The van der Waals surface area contributed by atoms with E-state index in [4.69, 9.17) is 4.74 Å². The standard InChI is InChI=1S/C22H27N5O2/c1-22(2,3)24-21(28)18-13-19(15-7-9-16(10-8-15)26(4)5)27(25-18)17-11-12-20(29-6)23-14-17/h7-14H,1-6H3,(H,24,28). The fourth-order valence-electron chi connectivity index (χ4n) is 2.85. The first-order chi connectivity index (χ1) is 13.7. The number of nitrogens with zero attached hydrogens (tertiary/aromatic N) is 4. The number of methoxy groups -OCH3 is 1. The maximum absolute atomic E-state index is 12.7. The highest BCUT2D eigenvalue weighted by molar-refractivity contribution is 5.94. The summed E-state index contributed by atoms with van der Waals surface area (Å²) in [6, 6.07) is 13.5. The van der Waals surface area contributed by atoms with Gasteiger partial charge in [0.25, 0.3) is 5.91 Å². The van der Waals surface area contributed by atoms with E-state index in [2.05, 4.69) is 15.4 Å². The van der Waals surface area contributed by atoms with Gasteiger partial charge in [0.1, 0.15) is 0 Å². The average Bonchev–Trinajstić information content (AvgIpc) is 3.12. The predicted molar refractivity (Wildman–Crippen MR) is 115 cm³/mol. The Morgan fingerprint density at radius 1 is 1.10 bits per heavy atom. The zero-order valence-corrected chi connectivity index (χ0v) is 17.7. The molecule has 7 heteroatoms. The van der Waals surface area contributed by atoms with Crippen molar-refractivity contribution in [2.45, 2.75) is 26.3 Å². The summed E-state index contributed by atoms with van der Waals surface area (Å²) in [6.45, 7) is 5.82. The Labute approximate surface area is 171 Å². The number of nitrogens with one attached hydrogen (secondary N) is 1. The van der Waals surface area contributed by atoms with Crippen molar-refractivity contribution in [3.63, 3.8) is 0 Å². The lowest BCUT2D eigenvalue weighted by molar-refractivity contribution is 0.0914. The van der Waals surface area contributed by atoms with E-state index >= 15 is 0 Å². The zero-order chi connectivity index (χ0) is 21.2. The summed E-state index contributed by atoms with van der Waals surface area (Å²) in [5.74, 6) is 0.298. The number of amides is 1. The van der Waals surface area contributed by atoms with Crippen molar-refractivity contribution in [1.82, 2.24) is 20.1 Å². The summed E-state index contributed by atoms with van der Waals surface area (Å²) in [5, 5.41) is 7.53. The third kappa shape index (κ3) is 4.74. The third-order valence-electron chi connectivity index (χ3n) is 4.28. The molecule has 0 saturated heterocycles. The van der Waals surface area contributed by atoms with E-state index in [-0.39, 0.29) is 11.4 Å². The SMILES string of the molecule is COc1ccc(-n2nc(C(=O)NC(C)(C)C)cc2-c2ccc(N(C)C)cc2)cn1. The predicted octanol–water partition coefficient (Wildman–Crippen LogP) is 3.54. The highest BCUT2D eigenvalue weighted by Gasteiger charge is 2.21. The molecule has 3 aromatic rings. The molecule has 0 bridgehead atoms. The van der Waals surface area contributed by atoms with Gasteiger partial charge in [0.15, 0.2) is 5.69 Å². The second-order valence-electron chi connectivity index (χ2n) is 8.03. The lowest BCUT2D eigenvalue weighted by atomic mass is 10.1. The number of anilines is 1. The fraction of sp³-hybridized carbons (Fsp3) is 0.318. The molecule has 152 valence electrons. The number of benzene rings is 1.